The van der Waals surface area contributed by atoms with Crippen LogP contribution in [0.2, 0.25) is 0 Å². The number of carbonyl (C=O) groups is 1. The summed E-state index contributed by atoms with van der Waals surface area (Å²) in [6.07, 6.45) is 1.45. The molecule has 4 rings (SSSR count). The van der Waals surface area contributed by atoms with Gasteiger partial charge in [-0.2, -0.15) is 0 Å². The van der Waals surface area contributed by atoms with Crippen LogP contribution in [-0.4, -0.2) is 22.6 Å². The van der Waals surface area contributed by atoms with Crippen LogP contribution in [0.5, 0.6) is 0 Å². The van der Waals surface area contributed by atoms with E-state index in [9.17, 15) is 9.59 Å². The minimum Gasteiger partial charge on any atom is -0.463 e. The summed E-state index contributed by atoms with van der Waals surface area (Å²) < 4.78 is 11.7. The van der Waals surface area contributed by atoms with Crippen LogP contribution in [0.3, 0.4) is 0 Å². The lowest BCUT2D eigenvalue weighted by Crippen LogP contribution is -2.27. The van der Waals surface area contributed by atoms with E-state index in [2.05, 4.69) is 0 Å². The molecule has 2 aromatic carbocycles. The molecule has 2 aromatic heterocycles. The van der Waals surface area contributed by atoms with Crippen molar-refractivity contribution in [2.75, 3.05) is 7.11 Å². The highest BCUT2D eigenvalue weighted by Gasteiger charge is 2.20. The van der Waals surface area contributed by atoms with Crippen LogP contribution in [0.25, 0.3) is 10.9 Å². The number of benzene rings is 2. The molecule has 0 saturated carbocycles. The first-order valence-electron chi connectivity index (χ1n) is 9.44. The number of para-hydroxylation sites is 1. The van der Waals surface area contributed by atoms with Gasteiger partial charge in [0.2, 0.25) is 5.76 Å². The lowest BCUT2D eigenvalue weighted by molar-refractivity contribution is 0.0564. The number of methoxy groups -OCH3 is 1. The Morgan fingerprint density at radius 3 is 2.63 bits per heavy atom. The van der Waals surface area contributed by atoms with Gasteiger partial charge in [0.05, 0.1) is 30.3 Å². The molecule has 30 heavy (non-hydrogen) atoms. The first kappa shape index (κ1) is 20.0. The zero-order valence-corrected chi connectivity index (χ0v) is 17.4. The third-order valence-electron chi connectivity index (χ3n) is 4.92. The average Bonchev–Trinajstić information content (AvgIpc) is 3.26. The maximum Gasteiger partial charge on any atom is 0.374 e. The summed E-state index contributed by atoms with van der Waals surface area (Å²) >= 11 is 1.38. The van der Waals surface area contributed by atoms with Gasteiger partial charge < -0.3 is 9.15 Å². The zero-order chi connectivity index (χ0) is 21.1. The van der Waals surface area contributed by atoms with Gasteiger partial charge in [0.15, 0.2) is 5.16 Å². The van der Waals surface area contributed by atoms with E-state index < -0.39 is 5.97 Å². The second-order valence-corrected chi connectivity index (χ2v) is 7.67. The van der Waals surface area contributed by atoms with Gasteiger partial charge in [-0.05, 0) is 30.7 Å². The van der Waals surface area contributed by atoms with Gasteiger partial charge in [-0.3, -0.25) is 9.36 Å². The quantitative estimate of drug-likeness (QED) is 0.256. The molecule has 0 radical (unpaired) electrons. The van der Waals surface area contributed by atoms with Crippen molar-refractivity contribution in [1.82, 2.24) is 9.55 Å². The number of furan rings is 1. The molecule has 0 aliphatic heterocycles. The van der Waals surface area contributed by atoms with Gasteiger partial charge in [0.1, 0.15) is 0 Å². The Kier molecular flexibility index (Phi) is 5.72. The highest BCUT2D eigenvalue weighted by Crippen LogP contribution is 2.28. The average molecular weight is 420 g/mol. The second kappa shape index (κ2) is 8.59. The topological polar surface area (TPSA) is 74.3 Å². The van der Waals surface area contributed by atoms with Crippen molar-refractivity contribution in [2.45, 2.75) is 23.9 Å². The summed E-state index contributed by atoms with van der Waals surface area (Å²) in [5.74, 6) is 0.0423. The van der Waals surface area contributed by atoms with E-state index in [0.29, 0.717) is 27.4 Å². The fourth-order valence-corrected chi connectivity index (χ4v) is 4.37. The summed E-state index contributed by atoms with van der Waals surface area (Å²) in [6, 6.07) is 18.7. The van der Waals surface area contributed by atoms with E-state index in [-0.39, 0.29) is 17.4 Å². The van der Waals surface area contributed by atoms with Gasteiger partial charge in [-0.1, -0.05) is 54.2 Å². The minimum absolute atomic E-state index is 0.0974. The highest BCUT2D eigenvalue weighted by atomic mass is 32.2. The summed E-state index contributed by atoms with van der Waals surface area (Å²) in [5.41, 5.74) is 2.24. The molecule has 0 amide bonds. The fraction of sp³-hybridized carbons (Fsp3) is 0.174. The predicted molar refractivity (Wildman–Crippen MR) is 116 cm³/mol. The number of nitrogens with zero attached hydrogens (tertiary/aromatic N) is 2. The number of aromatic nitrogens is 2. The number of thioether (sulfide) groups is 1. The Balaban J connectivity index is 1.78. The molecule has 4 aromatic rings. The summed E-state index contributed by atoms with van der Waals surface area (Å²) in [6.45, 7) is 1.98. The van der Waals surface area contributed by atoms with E-state index in [0.717, 1.165) is 5.56 Å². The maximum absolute atomic E-state index is 13.4. The maximum atomic E-state index is 13.4. The van der Waals surface area contributed by atoms with Crippen molar-refractivity contribution in [3.63, 3.8) is 0 Å². The normalized spacial score (nSPS) is 12.1. The van der Waals surface area contributed by atoms with Gasteiger partial charge >= 0.3 is 5.97 Å². The van der Waals surface area contributed by atoms with Crippen LogP contribution in [0.1, 0.15) is 34.6 Å². The number of hydrogen-bond acceptors (Lipinski definition) is 6. The summed E-state index contributed by atoms with van der Waals surface area (Å²) in [7, 11) is 1.31. The summed E-state index contributed by atoms with van der Waals surface area (Å²) in [4.78, 5) is 30.0. The Labute approximate surface area is 177 Å². The first-order valence-corrected chi connectivity index (χ1v) is 10.4. The molecule has 0 bridgehead atoms. The Bertz CT molecular complexity index is 1250. The molecular weight excluding hydrogens is 400 g/mol. The molecule has 0 spiro atoms. The third kappa shape index (κ3) is 3.76. The summed E-state index contributed by atoms with van der Waals surface area (Å²) in [5, 5.41) is 1.15. The van der Waals surface area contributed by atoms with Gasteiger partial charge in [-0.15, -0.1) is 0 Å². The van der Waals surface area contributed by atoms with Gasteiger partial charge in [0, 0.05) is 11.3 Å². The number of esters is 1. The Hall–Kier alpha value is -3.32. The van der Waals surface area contributed by atoms with Crippen LogP contribution in [0, 0.1) is 0 Å². The smallest absolute Gasteiger partial charge is 0.374 e. The Morgan fingerprint density at radius 2 is 1.87 bits per heavy atom. The first-order chi connectivity index (χ1) is 14.6. The molecule has 0 saturated heterocycles. The Morgan fingerprint density at radius 1 is 1.13 bits per heavy atom. The van der Waals surface area contributed by atoms with Gasteiger partial charge in [0.25, 0.3) is 5.56 Å². The van der Waals surface area contributed by atoms with Crippen LogP contribution in [0.15, 0.2) is 81.3 Å². The van der Waals surface area contributed by atoms with Crippen molar-refractivity contribution in [3.05, 3.63) is 94.2 Å². The van der Waals surface area contributed by atoms with E-state index in [1.165, 1.54) is 25.1 Å². The molecule has 0 unspecified atom stereocenters. The van der Waals surface area contributed by atoms with Crippen LogP contribution >= 0.6 is 11.8 Å². The molecule has 0 aliphatic carbocycles. The molecule has 2 heterocycles. The van der Waals surface area contributed by atoms with Crippen LogP contribution < -0.4 is 5.56 Å². The predicted octanol–water partition coefficient (Wildman–Crippen LogP) is 4.68. The van der Waals surface area contributed by atoms with E-state index in [1.54, 1.807) is 16.7 Å². The number of rotatable bonds is 6. The third-order valence-corrected chi connectivity index (χ3v) is 5.92. The highest BCUT2D eigenvalue weighted by molar-refractivity contribution is 7.98. The monoisotopic (exact) mass is 420 g/mol. The van der Waals surface area contributed by atoms with Crippen molar-refractivity contribution < 1.29 is 13.9 Å². The van der Waals surface area contributed by atoms with E-state index >= 15 is 0 Å². The SMILES string of the molecule is COC(=O)c1occc1CSc1nc2ccccc2c(=O)n1[C@H](C)c1ccccc1. The van der Waals surface area contributed by atoms with E-state index in [4.69, 9.17) is 14.1 Å². The fourth-order valence-electron chi connectivity index (χ4n) is 3.31. The minimum atomic E-state index is -0.530. The van der Waals surface area contributed by atoms with Crippen LogP contribution in [-0.2, 0) is 10.5 Å². The molecule has 0 fully saturated rings. The van der Waals surface area contributed by atoms with Crippen LogP contribution in [0.4, 0.5) is 0 Å². The molecule has 6 nitrogen and oxygen atoms in total. The van der Waals surface area contributed by atoms with Crippen molar-refractivity contribution in [2.24, 2.45) is 0 Å². The van der Waals surface area contributed by atoms with Gasteiger partial charge in [-0.25, -0.2) is 9.78 Å². The second-order valence-electron chi connectivity index (χ2n) is 6.73. The molecule has 1 atom stereocenters. The number of carbonyl (C=O) groups excluding carboxylic acids is 1. The molecule has 0 N–H and O–H groups in total. The lowest BCUT2D eigenvalue weighted by Gasteiger charge is -2.20. The zero-order valence-electron chi connectivity index (χ0n) is 16.6. The van der Waals surface area contributed by atoms with Crippen molar-refractivity contribution in [3.8, 4) is 0 Å². The lowest BCUT2D eigenvalue weighted by atomic mass is 10.1. The number of hydrogen-bond donors (Lipinski definition) is 0. The standard InChI is InChI=1S/C23H20N2O4S/c1-15(16-8-4-3-5-9-16)25-21(26)18-10-6-7-11-19(18)24-23(25)30-14-17-12-13-29-20(17)22(27)28-2/h3-13,15H,14H2,1-2H3/t15-/m1/s1. The molecule has 7 heteroatoms. The van der Waals surface area contributed by atoms with Crippen molar-refractivity contribution >= 4 is 28.6 Å². The largest absolute Gasteiger partial charge is 0.463 e. The van der Waals surface area contributed by atoms with E-state index in [1.807, 2.05) is 55.5 Å². The van der Waals surface area contributed by atoms with Crippen molar-refractivity contribution in [1.29, 1.82) is 0 Å². The number of fused-ring (bicyclic) bond motifs is 1. The molecule has 152 valence electrons. The number of ether oxygens (including phenoxy) is 1. The molecule has 0 aliphatic rings. The molecular formula is C23H20N2O4S.